The summed E-state index contributed by atoms with van der Waals surface area (Å²) in [6.07, 6.45) is 3.16. The second-order valence-corrected chi connectivity index (χ2v) is 7.25. The molecule has 4 nitrogen and oxygen atoms in total. The van der Waals surface area contributed by atoms with Crippen molar-refractivity contribution in [3.63, 3.8) is 0 Å². The highest BCUT2D eigenvalue weighted by atomic mass is 79.9. The van der Waals surface area contributed by atoms with Crippen molar-refractivity contribution in [3.05, 3.63) is 45.3 Å². The van der Waals surface area contributed by atoms with Crippen molar-refractivity contribution in [2.24, 2.45) is 7.05 Å². The first-order chi connectivity index (χ1) is 11.1. The van der Waals surface area contributed by atoms with Gasteiger partial charge in [0.2, 0.25) is 0 Å². The molecular weight excluding hydrogens is 356 g/mol. The molecule has 23 heavy (non-hydrogen) atoms. The van der Waals surface area contributed by atoms with Gasteiger partial charge in [-0.1, -0.05) is 28.1 Å². The van der Waals surface area contributed by atoms with E-state index >= 15 is 0 Å². The van der Waals surface area contributed by atoms with Crippen LogP contribution in [0.25, 0.3) is 21.8 Å². The molecule has 0 bridgehead atoms. The third-order valence-electron chi connectivity index (χ3n) is 5.08. The quantitative estimate of drug-likeness (QED) is 0.679. The smallest absolute Gasteiger partial charge is 0.329 e. The molecule has 2 aromatic carbocycles. The van der Waals surface area contributed by atoms with Gasteiger partial charge in [0.15, 0.2) is 0 Å². The Kier molecular flexibility index (Phi) is 3.58. The second-order valence-electron chi connectivity index (χ2n) is 6.33. The van der Waals surface area contributed by atoms with E-state index in [1.165, 1.54) is 0 Å². The van der Waals surface area contributed by atoms with E-state index in [0.29, 0.717) is 0 Å². The zero-order chi connectivity index (χ0) is 16.1. The molecule has 0 N–H and O–H groups in total. The lowest BCUT2D eigenvalue weighted by atomic mass is 10.1. The Morgan fingerprint density at radius 3 is 2.74 bits per heavy atom. The van der Waals surface area contributed by atoms with Gasteiger partial charge in [0.05, 0.1) is 17.1 Å². The topological polar surface area (TPSA) is 36.2 Å². The Morgan fingerprint density at radius 1 is 1.22 bits per heavy atom. The number of hydrogen-bond donors (Lipinski definition) is 0. The maximum Gasteiger partial charge on any atom is 0.329 e. The van der Waals surface area contributed by atoms with Crippen LogP contribution in [0.3, 0.4) is 0 Å². The fourth-order valence-corrected chi connectivity index (χ4v) is 4.21. The maximum atomic E-state index is 12.9. The third kappa shape index (κ3) is 2.25. The Bertz CT molecular complexity index is 957. The molecule has 1 aromatic heterocycles. The third-order valence-corrected chi connectivity index (χ3v) is 5.58. The average Bonchev–Trinajstić information content (AvgIpc) is 3.11. The molecule has 1 saturated carbocycles. The number of fused-ring (bicyclic) bond motifs is 3. The molecule has 120 valence electrons. The lowest BCUT2D eigenvalue weighted by Gasteiger charge is -2.14. The van der Waals surface area contributed by atoms with Crippen LogP contribution in [0.1, 0.15) is 25.3 Å². The van der Waals surface area contributed by atoms with Crippen LogP contribution in [0.15, 0.2) is 39.6 Å². The van der Waals surface area contributed by atoms with Crippen LogP contribution in [-0.4, -0.2) is 22.3 Å². The van der Waals surface area contributed by atoms with Gasteiger partial charge in [0.1, 0.15) is 0 Å². The van der Waals surface area contributed by atoms with Crippen LogP contribution < -0.4 is 5.69 Å². The molecule has 0 spiro atoms. The first kappa shape index (κ1) is 15.0. The lowest BCUT2D eigenvalue weighted by molar-refractivity contribution is 0.106. The highest BCUT2D eigenvalue weighted by Crippen LogP contribution is 2.35. The average molecular weight is 375 g/mol. The summed E-state index contributed by atoms with van der Waals surface area (Å²) in [5, 5.41) is 2.27. The Morgan fingerprint density at radius 2 is 2.00 bits per heavy atom. The minimum Gasteiger partial charge on any atom is -0.381 e. The molecule has 1 fully saturated rings. The molecule has 4 rings (SSSR count). The Labute approximate surface area is 142 Å². The number of halogens is 1. The number of hydrogen-bond acceptors (Lipinski definition) is 2. The molecule has 5 heteroatoms. The zero-order valence-corrected chi connectivity index (χ0v) is 14.8. The summed E-state index contributed by atoms with van der Waals surface area (Å²) in [4.78, 5) is 12.9. The molecule has 3 aromatic rings. The number of aryl methyl sites for hydroxylation is 1. The van der Waals surface area contributed by atoms with Gasteiger partial charge >= 0.3 is 5.69 Å². The summed E-state index contributed by atoms with van der Waals surface area (Å²) < 4.78 is 10.3. The van der Waals surface area contributed by atoms with E-state index in [9.17, 15) is 4.79 Å². The molecule has 1 aliphatic carbocycles. The van der Waals surface area contributed by atoms with E-state index in [2.05, 4.69) is 34.1 Å². The molecular formula is C18H19BrN2O2. The van der Waals surface area contributed by atoms with E-state index in [0.717, 1.165) is 45.5 Å². The van der Waals surface area contributed by atoms with Gasteiger partial charge in [-0.3, -0.25) is 9.13 Å². The van der Waals surface area contributed by atoms with Crippen molar-refractivity contribution in [1.82, 2.24) is 9.13 Å². The molecule has 0 radical (unpaired) electrons. The lowest BCUT2D eigenvalue weighted by Crippen LogP contribution is -2.25. The SMILES string of the molecule is CO[C@H]1CC[C@H](n2c(=O)n(C)c3ccc4ccc(Br)cc4c32)C1. The number of benzene rings is 2. The predicted molar refractivity (Wildman–Crippen MR) is 96.1 cm³/mol. The van der Waals surface area contributed by atoms with E-state index in [1.807, 2.05) is 23.7 Å². The van der Waals surface area contributed by atoms with Gasteiger partial charge in [0, 0.05) is 30.1 Å². The fraction of sp³-hybridized carbons (Fsp3) is 0.389. The van der Waals surface area contributed by atoms with Gasteiger partial charge in [-0.2, -0.15) is 0 Å². The molecule has 1 aliphatic rings. The van der Waals surface area contributed by atoms with Crippen molar-refractivity contribution in [2.75, 3.05) is 7.11 Å². The van der Waals surface area contributed by atoms with Crippen LogP contribution in [0.2, 0.25) is 0 Å². The van der Waals surface area contributed by atoms with Crippen LogP contribution >= 0.6 is 15.9 Å². The number of methoxy groups -OCH3 is 1. The summed E-state index contributed by atoms with van der Waals surface area (Å²) in [7, 11) is 3.61. The summed E-state index contributed by atoms with van der Waals surface area (Å²) in [5.41, 5.74) is 2.09. The number of rotatable bonds is 2. The molecule has 0 aliphatic heterocycles. The molecule has 0 amide bonds. The highest BCUT2D eigenvalue weighted by Gasteiger charge is 2.29. The van der Waals surface area contributed by atoms with Gasteiger partial charge in [-0.05, 0) is 42.8 Å². The van der Waals surface area contributed by atoms with Crippen LogP contribution in [-0.2, 0) is 11.8 Å². The largest absolute Gasteiger partial charge is 0.381 e. The van der Waals surface area contributed by atoms with E-state index in [-0.39, 0.29) is 17.8 Å². The van der Waals surface area contributed by atoms with Gasteiger partial charge < -0.3 is 4.74 Å². The van der Waals surface area contributed by atoms with Crippen molar-refractivity contribution in [2.45, 2.75) is 31.4 Å². The minimum absolute atomic E-state index is 0.0641. The maximum absolute atomic E-state index is 12.9. The molecule has 0 saturated heterocycles. The van der Waals surface area contributed by atoms with Crippen LogP contribution in [0.4, 0.5) is 0 Å². The summed E-state index contributed by atoms with van der Waals surface area (Å²) in [6, 6.07) is 10.6. The Hall–Kier alpha value is -1.59. The number of nitrogens with zero attached hydrogens (tertiary/aromatic N) is 2. The number of ether oxygens (including phenoxy) is 1. The first-order valence-electron chi connectivity index (χ1n) is 7.92. The van der Waals surface area contributed by atoms with Gasteiger partial charge in [-0.15, -0.1) is 0 Å². The second kappa shape index (κ2) is 5.49. The standard InChI is InChI=1S/C18H19BrN2O2/c1-20-16-8-4-11-3-5-12(19)9-15(11)17(16)21(18(20)22)13-6-7-14(10-13)23-2/h3-5,8-9,13-14H,6-7,10H2,1-2H3/t13-,14-/m0/s1. The van der Waals surface area contributed by atoms with Crippen LogP contribution in [0, 0.1) is 0 Å². The van der Waals surface area contributed by atoms with E-state index in [1.54, 1.807) is 11.7 Å². The Balaban J connectivity index is 2.04. The fourth-order valence-electron chi connectivity index (χ4n) is 3.85. The summed E-state index contributed by atoms with van der Waals surface area (Å²) in [6.45, 7) is 0. The normalized spacial score (nSPS) is 21.5. The molecule has 1 heterocycles. The monoisotopic (exact) mass is 374 g/mol. The molecule has 2 atom stereocenters. The van der Waals surface area contributed by atoms with Crippen molar-refractivity contribution >= 4 is 37.7 Å². The zero-order valence-electron chi connectivity index (χ0n) is 13.3. The van der Waals surface area contributed by atoms with Gasteiger partial charge in [0.25, 0.3) is 0 Å². The first-order valence-corrected chi connectivity index (χ1v) is 8.71. The van der Waals surface area contributed by atoms with Crippen molar-refractivity contribution in [1.29, 1.82) is 0 Å². The minimum atomic E-state index is 0.0641. The highest BCUT2D eigenvalue weighted by molar-refractivity contribution is 9.10. The van der Waals surface area contributed by atoms with E-state index < -0.39 is 0 Å². The number of aromatic nitrogens is 2. The van der Waals surface area contributed by atoms with Crippen molar-refractivity contribution in [3.8, 4) is 0 Å². The van der Waals surface area contributed by atoms with Crippen molar-refractivity contribution < 1.29 is 4.74 Å². The predicted octanol–water partition coefficient (Wildman–Crippen LogP) is 4.00. The molecule has 0 unspecified atom stereocenters. The van der Waals surface area contributed by atoms with E-state index in [4.69, 9.17) is 4.74 Å². The van der Waals surface area contributed by atoms with Crippen LogP contribution in [0.5, 0.6) is 0 Å². The summed E-state index contributed by atoms with van der Waals surface area (Å²) in [5.74, 6) is 0. The van der Waals surface area contributed by atoms with Gasteiger partial charge in [-0.25, -0.2) is 4.79 Å². The summed E-state index contributed by atoms with van der Waals surface area (Å²) >= 11 is 3.56. The number of imidazole rings is 1.